The van der Waals surface area contributed by atoms with Crippen LogP contribution in [-0.2, 0) is 11.4 Å². The molecule has 0 aliphatic heterocycles. The van der Waals surface area contributed by atoms with Crippen LogP contribution in [0.4, 0.5) is 0 Å². The lowest BCUT2D eigenvalue weighted by atomic mass is 10.1. The topological polar surface area (TPSA) is 97.0 Å². The van der Waals surface area contributed by atoms with Gasteiger partial charge in [-0.05, 0) is 60.2 Å². The molecule has 0 saturated carbocycles. The molecule has 3 amide bonds. The molecule has 9 heteroatoms. The Hall–Kier alpha value is -4.04. The second-order valence-corrected chi connectivity index (χ2v) is 7.89. The van der Waals surface area contributed by atoms with Crippen LogP contribution in [0.15, 0.2) is 72.8 Å². The highest BCUT2D eigenvalue weighted by molar-refractivity contribution is 6.30. The minimum absolute atomic E-state index is 0.143. The van der Waals surface area contributed by atoms with E-state index in [4.69, 9.17) is 21.1 Å². The fraction of sp³-hybridized carbons (Fsp3) is 0.160. The van der Waals surface area contributed by atoms with Crippen LogP contribution in [0.25, 0.3) is 0 Å². The predicted octanol–water partition coefficient (Wildman–Crippen LogP) is 3.46. The fourth-order valence-corrected chi connectivity index (χ4v) is 2.83. The van der Waals surface area contributed by atoms with Crippen LogP contribution < -0.4 is 20.3 Å². The van der Waals surface area contributed by atoms with Gasteiger partial charge in [-0.15, -0.1) is 0 Å². The normalized spacial score (nSPS) is 10.2. The number of carbonyl (C=O) groups is 3. The summed E-state index contributed by atoms with van der Waals surface area (Å²) in [5, 5.41) is 0.632. The first-order valence-corrected chi connectivity index (χ1v) is 10.7. The molecule has 0 bridgehead atoms. The quantitative estimate of drug-likeness (QED) is 0.480. The third-order valence-corrected chi connectivity index (χ3v) is 4.93. The molecule has 0 unspecified atom stereocenters. The summed E-state index contributed by atoms with van der Waals surface area (Å²) in [7, 11) is 3.25. The SMILES string of the molecule is CN(C)C(=O)COc1cccc(C(=O)NNC(=O)c2ccc(COc3ccc(Cl)cc3)cc2)c1. The van der Waals surface area contributed by atoms with Crippen LogP contribution in [0, 0.1) is 0 Å². The van der Waals surface area contributed by atoms with Gasteiger partial charge in [-0.2, -0.15) is 0 Å². The van der Waals surface area contributed by atoms with E-state index in [0.717, 1.165) is 5.56 Å². The van der Waals surface area contributed by atoms with Crippen molar-refractivity contribution in [1.29, 1.82) is 0 Å². The molecule has 0 aliphatic rings. The maximum absolute atomic E-state index is 12.4. The van der Waals surface area contributed by atoms with Gasteiger partial charge in [0.25, 0.3) is 17.7 Å². The van der Waals surface area contributed by atoms with Gasteiger partial charge in [0, 0.05) is 30.2 Å². The minimum Gasteiger partial charge on any atom is -0.489 e. The monoisotopic (exact) mass is 481 g/mol. The maximum Gasteiger partial charge on any atom is 0.269 e. The van der Waals surface area contributed by atoms with Gasteiger partial charge in [-0.3, -0.25) is 25.2 Å². The molecule has 0 saturated heterocycles. The van der Waals surface area contributed by atoms with Crippen molar-refractivity contribution in [2.24, 2.45) is 0 Å². The lowest BCUT2D eigenvalue weighted by Gasteiger charge is -2.12. The lowest BCUT2D eigenvalue weighted by Crippen LogP contribution is -2.41. The number of benzene rings is 3. The highest BCUT2D eigenvalue weighted by Gasteiger charge is 2.11. The summed E-state index contributed by atoms with van der Waals surface area (Å²) in [6.45, 7) is 0.189. The average Bonchev–Trinajstić information content (AvgIpc) is 2.85. The van der Waals surface area contributed by atoms with E-state index in [9.17, 15) is 14.4 Å². The summed E-state index contributed by atoms with van der Waals surface area (Å²) in [6, 6.07) is 20.2. The second-order valence-electron chi connectivity index (χ2n) is 7.45. The van der Waals surface area contributed by atoms with Gasteiger partial charge in [-0.25, -0.2) is 0 Å². The number of halogens is 1. The number of hydrazine groups is 1. The molecule has 3 rings (SSSR count). The zero-order chi connectivity index (χ0) is 24.5. The van der Waals surface area contributed by atoms with Crippen LogP contribution in [0.5, 0.6) is 11.5 Å². The van der Waals surface area contributed by atoms with E-state index in [1.165, 1.54) is 11.0 Å². The first-order valence-electron chi connectivity index (χ1n) is 10.3. The van der Waals surface area contributed by atoms with Gasteiger partial charge in [0.2, 0.25) is 0 Å². The first-order chi connectivity index (χ1) is 16.3. The average molecular weight is 482 g/mol. The van der Waals surface area contributed by atoms with E-state index in [1.807, 2.05) is 0 Å². The minimum atomic E-state index is -0.522. The third kappa shape index (κ3) is 7.25. The Balaban J connectivity index is 1.49. The number of hydrogen-bond acceptors (Lipinski definition) is 5. The first kappa shape index (κ1) is 24.6. The number of likely N-dealkylation sites (N-methyl/N-ethyl adjacent to an activating group) is 1. The molecule has 0 heterocycles. The summed E-state index contributed by atoms with van der Waals surface area (Å²) in [5.41, 5.74) is 6.26. The van der Waals surface area contributed by atoms with Crippen molar-refractivity contribution in [3.63, 3.8) is 0 Å². The van der Waals surface area contributed by atoms with E-state index < -0.39 is 11.8 Å². The summed E-state index contributed by atoms with van der Waals surface area (Å²) >= 11 is 5.86. The Morgan fingerprint density at radius 3 is 2.09 bits per heavy atom. The molecular weight excluding hydrogens is 458 g/mol. The molecule has 0 aromatic heterocycles. The molecule has 176 valence electrons. The Morgan fingerprint density at radius 1 is 0.794 bits per heavy atom. The number of carbonyl (C=O) groups excluding carboxylic acids is 3. The molecule has 0 atom stereocenters. The van der Waals surface area contributed by atoms with Crippen LogP contribution in [0.2, 0.25) is 5.02 Å². The zero-order valence-corrected chi connectivity index (χ0v) is 19.5. The fourth-order valence-electron chi connectivity index (χ4n) is 2.71. The van der Waals surface area contributed by atoms with E-state index in [1.54, 1.807) is 80.8 Å². The highest BCUT2D eigenvalue weighted by atomic mass is 35.5. The molecule has 3 aromatic rings. The smallest absolute Gasteiger partial charge is 0.269 e. The second kappa shape index (κ2) is 11.7. The van der Waals surface area contributed by atoms with Gasteiger partial charge >= 0.3 is 0 Å². The van der Waals surface area contributed by atoms with Crippen molar-refractivity contribution < 1.29 is 23.9 Å². The van der Waals surface area contributed by atoms with E-state index in [0.29, 0.717) is 28.7 Å². The Labute approximate surface area is 202 Å². The predicted molar refractivity (Wildman–Crippen MR) is 128 cm³/mol. The molecule has 0 aliphatic carbocycles. The molecule has 3 aromatic carbocycles. The molecule has 2 N–H and O–H groups in total. The molecular formula is C25H24ClN3O5. The van der Waals surface area contributed by atoms with Gasteiger partial charge in [0.15, 0.2) is 6.61 Å². The zero-order valence-electron chi connectivity index (χ0n) is 18.7. The van der Waals surface area contributed by atoms with Crippen molar-refractivity contribution in [3.8, 4) is 11.5 Å². The van der Waals surface area contributed by atoms with Crippen molar-refractivity contribution in [2.75, 3.05) is 20.7 Å². The van der Waals surface area contributed by atoms with Gasteiger partial charge in [0.05, 0.1) is 0 Å². The van der Waals surface area contributed by atoms with Gasteiger partial charge < -0.3 is 14.4 Å². The molecule has 0 spiro atoms. The lowest BCUT2D eigenvalue weighted by molar-refractivity contribution is -0.130. The highest BCUT2D eigenvalue weighted by Crippen LogP contribution is 2.17. The largest absolute Gasteiger partial charge is 0.489 e. The van der Waals surface area contributed by atoms with Crippen molar-refractivity contribution in [2.45, 2.75) is 6.61 Å². The molecule has 0 radical (unpaired) electrons. The van der Waals surface area contributed by atoms with Gasteiger partial charge in [-0.1, -0.05) is 29.8 Å². The summed E-state index contributed by atoms with van der Waals surface area (Å²) < 4.78 is 11.1. The standard InChI is InChI=1S/C25H24ClN3O5/c1-29(2)23(30)16-34-22-5-3-4-19(14-22)25(32)28-27-24(31)18-8-6-17(7-9-18)15-33-21-12-10-20(26)11-13-21/h3-14H,15-16H2,1-2H3,(H,27,31)(H,28,32). The van der Waals surface area contributed by atoms with Crippen LogP contribution >= 0.6 is 11.6 Å². The number of hydrogen-bond donors (Lipinski definition) is 2. The summed E-state index contributed by atoms with van der Waals surface area (Å²) in [5.74, 6) is -0.142. The van der Waals surface area contributed by atoms with Gasteiger partial charge in [0.1, 0.15) is 18.1 Å². The summed E-state index contributed by atoms with van der Waals surface area (Å²) in [4.78, 5) is 37.8. The Kier molecular flexibility index (Phi) is 8.48. The summed E-state index contributed by atoms with van der Waals surface area (Å²) in [6.07, 6.45) is 0. The number of nitrogens with zero attached hydrogens (tertiary/aromatic N) is 1. The van der Waals surface area contributed by atoms with Crippen LogP contribution in [-0.4, -0.2) is 43.3 Å². The number of nitrogens with one attached hydrogen (secondary N) is 2. The number of amides is 3. The molecule has 8 nitrogen and oxygen atoms in total. The Bertz CT molecular complexity index is 1150. The Morgan fingerprint density at radius 2 is 1.44 bits per heavy atom. The van der Waals surface area contributed by atoms with E-state index >= 15 is 0 Å². The van der Waals surface area contributed by atoms with Crippen molar-refractivity contribution in [3.05, 3.63) is 94.5 Å². The maximum atomic E-state index is 12.4. The molecule has 0 fully saturated rings. The van der Waals surface area contributed by atoms with E-state index in [-0.39, 0.29) is 18.1 Å². The third-order valence-electron chi connectivity index (χ3n) is 4.68. The number of ether oxygens (including phenoxy) is 2. The van der Waals surface area contributed by atoms with E-state index in [2.05, 4.69) is 10.9 Å². The van der Waals surface area contributed by atoms with Crippen LogP contribution in [0.3, 0.4) is 0 Å². The van der Waals surface area contributed by atoms with Crippen molar-refractivity contribution >= 4 is 29.3 Å². The van der Waals surface area contributed by atoms with Crippen LogP contribution in [0.1, 0.15) is 26.3 Å². The van der Waals surface area contributed by atoms with Crippen molar-refractivity contribution in [1.82, 2.24) is 15.8 Å². The molecule has 34 heavy (non-hydrogen) atoms. The number of rotatable bonds is 8.